The number of amides is 1. The Labute approximate surface area is 129 Å². The first-order chi connectivity index (χ1) is 10.7. The van der Waals surface area contributed by atoms with E-state index in [0.29, 0.717) is 37.9 Å². The molecule has 6 nitrogen and oxygen atoms in total. The second kappa shape index (κ2) is 6.53. The van der Waals surface area contributed by atoms with E-state index in [-0.39, 0.29) is 5.91 Å². The molecule has 22 heavy (non-hydrogen) atoms. The Kier molecular flexibility index (Phi) is 4.29. The summed E-state index contributed by atoms with van der Waals surface area (Å²) in [7, 11) is 0. The number of aromatic nitrogens is 2. The first-order valence-electron chi connectivity index (χ1n) is 7.27. The van der Waals surface area contributed by atoms with Crippen LogP contribution in [-0.2, 0) is 4.74 Å². The monoisotopic (exact) mass is 298 g/mol. The molecule has 0 spiro atoms. The average molecular weight is 298 g/mol. The fraction of sp³-hybridized carbons (Fsp3) is 0.312. The second-order valence-corrected chi connectivity index (χ2v) is 5.11. The smallest absolute Gasteiger partial charge is 0.272 e. The van der Waals surface area contributed by atoms with Crippen molar-refractivity contribution in [1.29, 1.82) is 0 Å². The van der Waals surface area contributed by atoms with Gasteiger partial charge in [0.05, 0.1) is 13.2 Å². The third-order valence-corrected chi connectivity index (χ3v) is 3.40. The summed E-state index contributed by atoms with van der Waals surface area (Å²) in [6.07, 6.45) is 0. The second-order valence-electron chi connectivity index (χ2n) is 5.11. The van der Waals surface area contributed by atoms with Gasteiger partial charge >= 0.3 is 0 Å². The van der Waals surface area contributed by atoms with Crippen LogP contribution in [0.2, 0.25) is 0 Å². The number of rotatable bonds is 3. The van der Waals surface area contributed by atoms with Crippen LogP contribution < -0.4 is 5.32 Å². The minimum Gasteiger partial charge on any atom is -0.378 e. The molecule has 0 atom stereocenters. The van der Waals surface area contributed by atoms with Crippen LogP contribution in [0.15, 0.2) is 36.4 Å². The van der Waals surface area contributed by atoms with Gasteiger partial charge in [-0.25, -0.2) is 9.97 Å². The molecule has 1 saturated heterocycles. The molecule has 1 aliphatic rings. The molecule has 0 unspecified atom stereocenters. The van der Waals surface area contributed by atoms with Crippen molar-refractivity contribution >= 4 is 17.5 Å². The molecule has 1 fully saturated rings. The third kappa shape index (κ3) is 3.40. The number of aryl methyl sites for hydroxylation is 1. The van der Waals surface area contributed by atoms with Gasteiger partial charge in [-0.2, -0.15) is 0 Å². The van der Waals surface area contributed by atoms with Crippen molar-refractivity contribution in [1.82, 2.24) is 14.9 Å². The zero-order valence-electron chi connectivity index (χ0n) is 12.5. The van der Waals surface area contributed by atoms with Crippen LogP contribution in [0.5, 0.6) is 0 Å². The van der Waals surface area contributed by atoms with Gasteiger partial charge in [-0.3, -0.25) is 4.79 Å². The summed E-state index contributed by atoms with van der Waals surface area (Å²) < 4.78 is 5.27. The molecule has 1 N–H and O–H groups in total. The highest BCUT2D eigenvalue weighted by molar-refractivity contribution is 5.92. The number of ether oxygens (including phenoxy) is 1. The van der Waals surface area contributed by atoms with Crippen LogP contribution >= 0.6 is 0 Å². The normalized spacial score (nSPS) is 14.7. The van der Waals surface area contributed by atoms with Crippen molar-refractivity contribution in [2.24, 2.45) is 0 Å². The van der Waals surface area contributed by atoms with E-state index in [4.69, 9.17) is 4.74 Å². The summed E-state index contributed by atoms with van der Waals surface area (Å²) in [4.78, 5) is 23.0. The van der Waals surface area contributed by atoms with Crippen LogP contribution in [0, 0.1) is 6.92 Å². The number of nitrogens with zero attached hydrogens (tertiary/aromatic N) is 3. The van der Waals surface area contributed by atoms with Gasteiger partial charge in [0.2, 0.25) is 5.95 Å². The molecule has 1 aromatic carbocycles. The predicted octanol–water partition coefficient (Wildman–Crippen LogP) is 2.00. The maximum Gasteiger partial charge on any atom is 0.272 e. The summed E-state index contributed by atoms with van der Waals surface area (Å²) in [6, 6.07) is 11.4. The highest BCUT2D eigenvalue weighted by Crippen LogP contribution is 2.14. The summed E-state index contributed by atoms with van der Waals surface area (Å²) >= 11 is 0. The Morgan fingerprint density at radius 3 is 2.64 bits per heavy atom. The van der Waals surface area contributed by atoms with E-state index in [9.17, 15) is 4.79 Å². The van der Waals surface area contributed by atoms with Crippen molar-refractivity contribution in [2.45, 2.75) is 6.92 Å². The zero-order valence-corrected chi connectivity index (χ0v) is 12.5. The maximum atomic E-state index is 12.5. The van der Waals surface area contributed by atoms with E-state index in [2.05, 4.69) is 15.3 Å². The first-order valence-corrected chi connectivity index (χ1v) is 7.27. The van der Waals surface area contributed by atoms with Gasteiger partial charge in [-0.1, -0.05) is 18.2 Å². The van der Waals surface area contributed by atoms with Crippen LogP contribution in [-0.4, -0.2) is 47.1 Å². The quantitative estimate of drug-likeness (QED) is 0.938. The molecular weight excluding hydrogens is 280 g/mol. The number of nitrogens with one attached hydrogen (secondary N) is 1. The van der Waals surface area contributed by atoms with Gasteiger partial charge < -0.3 is 15.0 Å². The van der Waals surface area contributed by atoms with Crippen LogP contribution in [0.25, 0.3) is 0 Å². The number of carbonyl (C=O) groups is 1. The molecule has 3 rings (SSSR count). The summed E-state index contributed by atoms with van der Waals surface area (Å²) in [5, 5.41) is 3.13. The standard InChI is InChI=1S/C16H18N4O2/c1-12-11-14(15(21)20-7-9-22-10-8-20)19-16(17-12)18-13-5-3-2-4-6-13/h2-6,11H,7-10H2,1H3,(H,17,18,19). The van der Waals surface area contributed by atoms with Crippen molar-refractivity contribution in [3.05, 3.63) is 47.8 Å². The van der Waals surface area contributed by atoms with Crippen molar-refractivity contribution in [3.8, 4) is 0 Å². The molecule has 2 aromatic rings. The molecule has 0 saturated carbocycles. The Bertz CT molecular complexity index is 654. The van der Waals surface area contributed by atoms with E-state index in [1.165, 1.54) is 0 Å². The summed E-state index contributed by atoms with van der Waals surface area (Å²) in [6.45, 7) is 4.20. The Morgan fingerprint density at radius 1 is 1.18 bits per heavy atom. The Hall–Kier alpha value is -2.47. The predicted molar refractivity (Wildman–Crippen MR) is 83.2 cm³/mol. The van der Waals surface area contributed by atoms with Crippen molar-refractivity contribution in [2.75, 3.05) is 31.6 Å². The summed E-state index contributed by atoms with van der Waals surface area (Å²) in [5.74, 6) is 0.354. The maximum absolute atomic E-state index is 12.5. The molecule has 0 aliphatic carbocycles. The lowest BCUT2D eigenvalue weighted by atomic mass is 10.3. The average Bonchev–Trinajstić information content (AvgIpc) is 2.55. The molecule has 2 heterocycles. The first kappa shape index (κ1) is 14.5. The Morgan fingerprint density at radius 2 is 1.91 bits per heavy atom. The SMILES string of the molecule is Cc1cc(C(=O)N2CCOCC2)nc(Nc2ccccc2)n1. The van der Waals surface area contributed by atoms with Crippen LogP contribution in [0.3, 0.4) is 0 Å². The van der Waals surface area contributed by atoms with E-state index in [1.54, 1.807) is 11.0 Å². The molecule has 0 bridgehead atoms. The van der Waals surface area contributed by atoms with Crippen molar-refractivity contribution < 1.29 is 9.53 Å². The molecule has 0 radical (unpaired) electrons. The number of hydrogen-bond acceptors (Lipinski definition) is 5. The molecule has 1 aliphatic heterocycles. The van der Waals surface area contributed by atoms with Gasteiger partial charge in [-0.05, 0) is 25.1 Å². The molecular formula is C16H18N4O2. The van der Waals surface area contributed by atoms with Gasteiger partial charge in [0.25, 0.3) is 5.91 Å². The summed E-state index contributed by atoms with van der Waals surface area (Å²) in [5.41, 5.74) is 2.05. The van der Waals surface area contributed by atoms with E-state index in [1.807, 2.05) is 37.3 Å². The third-order valence-electron chi connectivity index (χ3n) is 3.40. The Balaban J connectivity index is 1.81. The van der Waals surface area contributed by atoms with Gasteiger partial charge in [0, 0.05) is 24.5 Å². The molecule has 114 valence electrons. The zero-order chi connectivity index (χ0) is 15.4. The lowest BCUT2D eigenvalue weighted by Crippen LogP contribution is -2.41. The van der Waals surface area contributed by atoms with Gasteiger partial charge in [0.15, 0.2) is 0 Å². The lowest BCUT2D eigenvalue weighted by molar-refractivity contribution is 0.0299. The number of para-hydroxylation sites is 1. The minimum absolute atomic E-state index is 0.0788. The largest absolute Gasteiger partial charge is 0.378 e. The van der Waals surface area contributed by atoms with E-state index >= 15 is 0 Å². The fourth-order valence-corrected chi connectivity index (χ4v) is 2.31. The van der Waals surface area contributed by atoms with Crippen LogP contribution in [0.1, 0.15) is 16.2 Å². The molecule has 6 heteroatoms. The lowest BCUT2D eigenvalue weighted by Gasteiger charge is -2.26. The minimum atomic E-state index is -0.0788. The number of benzene rings is 1. The van der Waals surface area contributed by atoms with Gasteiger partial charge in [-0.15, -0.1) is 0 Å². The highest BCUT2D eigenvalue weighted by Gasteiger charge is 2.20. The van der Waals surface area contributed by atoms with Crippen molar-refractivity contribution in [3.63, 3.8) is 0 Å². The molecule has 1 aromatic heterocycles. The number of morpholine rings is 1. The number of hydrogen-bond donors (Lipinski definition) is 1. The van der Waals surface area contributed by atoms with E-state index in [0.717, 1.165) is 11.4 Å². The fourth-order valence-electron chi connectivity index (χ4n) is 2.31. The number of anilines is 2. The highest BCUT2D eigenvalue weighted by atomic mass is 16.5. The topological polar surface area (TPSA) is 67.4 Å². The van der Waals surface area contributed by atoms with Gasteiger partial charge in [0.1, 0.15) is 5.69 Å². The van der Waals surface area contributed by atoms with Crippen LogP contribution in [0.4, 0.5) is 11.6 Å². The number of carbonyl (C=O) groups excluding carboxylic acids is 1. The molecule has 1 amide bonds. The van der Waals surface area contributed by atoms with E-state index < -0.39 is 0 Å².